The van der Waals surface area contributed by atoms with Crippen molar-refractivity contribution in [3.8, 4) is 0 Å². The highest BCUT2D eigenvalue weighted by Gasteiger charge is 2.50. The molecule has 2 aliphatic rings. The van der Waals surface area contributed by atoms with Gasteiger partial charge in [0.25, 0.3) is 5.91 Å². The monoisotopic (exact) mass is 346 g/mol. The maximum Gasteiger partial charge on any atom is 0.328 e. The molecule has 3 amide bonds. The number of carbonyl (C=O) groups is 3. The number of carbonyl (C=O) groups excluding carboxylic acids is 3. The molecule has 2 unspecified atom stereocenters. The van der Waals surface area contributed by atoms with Gasteiger partial charge in [0.15, 0.2) is 0 Å². The molecular formula is C17H22N4O4. The summed E-state index contributed by atoms with van der Waals surface area (Å²) >= 11 is 0. The molecule has 2 fully saturated rings. The Labute approximate surface area is 146 Å². The zero-order valence-electron chi connectivity index (χ0n) is 14.3. The van der Waals surface area contributed by atoms with E-state index >= 15 is 0 Å². The number of urea groups is 1. The van der Waals surface area contributed by atoms with Crippen LogP contribution in [0.25, 0.3) is 0 Å². The molecule has 8 heteroatoms. The zero-order chi connectivity index (χ0) is 18.0. The molecule has 3 rings (SSSR count). The minimum Gasteiger partial charge on any atom is -0.464 e. The molecule has 0 aliphatic carbocycles. The topological polar surface area (TPSA) is 82.2 Å². The van der Waals surface area contributed by atoms with Crippen LogP contribution < -0.4 is 5.32 Å². The quantitative estimate of drug-likeness (QED) is 0.747. The van der Waals surface area contributed by atoms with Crippen molar-refractivity contribution in [2.45, 2.75) is 18.6 Å². The van der Waals surface area contributed by atoms with Gasteiger partial charge >= 0.3 is 12.0 Å². The van der Waals surface area contributed by atoms with Crippen molar-refractivity contribution in [3.63, 3.8) is 0 Å². The molecule has 1 aromatic rings. The van der Waals surface area contributed by atoms with E-state index < -0.39 is 18.0 Å². The normalized spacial score (nSPS) is 23.8. The molecule has 2 atom stereocenters. The van der Waals surface area contributed by atoms with Gasteiger partial charge in [0.2, 0.25) is 0 Å². The summed E-state index contributed by atoms with van der Waals surface area (Å²) in [6, 6.07) is 8.67. The molecule has 1 N–H and O–H groups in total. The first-order valence-corrected chi connectivity index (χ1v) is 8.20. The second-order valence-electron chi connectivity index (χ2n) is 6.28. The lowest BCUT2D eigenvalue weighted by atomic mass is 10.1. The Morgan fingerprint density at radius 2 is 1.96 bits per heavy atom. The highest BCUT2D eigenvalue weighted by atomic mass is 16.5. The summed E-state index contributed by atoms with van der Waals surface area (Å²) in [6.07, 6.45) is 0.224. The highest BCUT2D eigenvalue weighted by molar-refractivity contribution is 6.02. The van der Waals surface area contributed by atoms with Crippen molar-refractivity contribution in [2.75, 3.05) is 33.9 Å². The Morgan fingerprint density at radius 3 is 2.68 bits per heavy atom. The van der Waals surface area contributed by atoms with Crippen LogP contribution >= 0.6 is 0 Å². The minimum absolute atomic E-state index is 0.211. The number of nitrogens with zero attached hydrogens (tertiary/aromatic N) is 3. The average molecular weight is 346 g/mol. The maximum atomic E-state index is 12.6. The number of benzene rings is 1. The van der Waals surface area contributed by atoms with Gasteiger partial charge in [-0.25, -0.2) is 4.79 Å². The third-order valence-electron chi connectivity index (χ3n) is 4.58. The summed E-state index contributed by atoms with van der Waals surface area (Å²) < 4.78 is 5.19. The Bertz CT molecular complexity index is 666. The number of imide groups is 1. The van der Waals surface area contributed by atoms with Crippen LogP contribution in [-0.4, -0.2) is 78.7 Å². The second kappa shape index (κ2) is 7.20. The lowest BCUT2D eigenvalue weighted by Gasteiger charge is -2.40. The summed E-state index contributed by atoms with van der Waals surface area (Å²) in [7, 11) is 3.42. The third kappa shape index (κ3) is 3.49. The predicted octanol–water partition coefficient (Wildman–Crippen LogP) is -0.146. The van der Waals surface area contributed by atoms with E-state index in [1.165, 1.54) is 4.90 Å². The van der Waals surface area contributed by atoms with Gasteiger partial charge in [-0.1, -0.05) is 30.3 Å². The lowest BCUT2D eigenvalue weighted by molar-refractivity contribution is -0.150. The fourth-order valence-electron chi connectivity index (χ4n) is 3.17. The summed E-state index contributed by atoms with van der Waals surface area (Å²) in [5.41, 5.74) is 1.06. The fourth-order valence-corrected chi connectivity index (χ4v) is 3.17. The van der Waals surface area contributed by atoms with Gasteiger partial charge in [0.1, 0.15) is 18.8 Å². The van der Waals surface area contributed by atoms with Gasteiger partial charge in [0.05, 0.1) is 13.3 Å². The number of hydrogen-bond donors (Lipinski definition) is 1. The van der Waals surface area contributed by atoms with Crippen molar-refractivity contribution in [2.24, 2.45) is 0 Å². The second-order valence-corrected chi connectivity index (χ2v) is 6.28. The van der Waals surface area contributed by atoms with Crippen LogP contribution in [0.15, 0.2) is 30.3 Å². The van der Waals surface area contributed by atoms with Gasteiger partial charge < -0.3 is 9.64 Å². The van der Waals surface area contributed by atoms with Crippen molar-refractivity contribution >= 4 is 17.9 Å². The first kappa shape index (κ1) is 17.4. The lowest BCUT2D eigenvalue weighted by Crippen LogP contribution is -2.66. The summed E-state index contributed by atoms with van der Waals surface area (Å²) in [4.78, 5) is 41.3. The molecule has 2 saturated heterocycles. The van der Waals surface area contributed by atoms with Crippen LogP contribution in [0.4, 0.5) is 4.79 Å². The van der Waals surface area contributed by atoms with Crippen LogP contribution in [0.5, 0.6) is 0 Å². The molecule has 0 bridgehead atoms. The third-order valence-corrected chi connectivity index (χ3v) is 4.58. The van der Waals surface area contributed by atoms with E-state index in [0.717, 1.165) is 10.5 Å². The number of fused-ring (bicyclic) bond motifs is 1. The largest absolute Gasteiger partial charge is 0.464 e. The molecule has 2 heterocycles. The maximum absolute atomic E-state index is 12.6. The number of esters is 1. The molecule has 0 spiro atoms. The Balaban J connectivity index is 1.56. The predicted molar refractivity (Wildman–Crippen MR) is 89.3 cm³/mol. The van der Waals surface area contributed by atoms with E-state index in [9.17, 15) is 14.4 Å². The smallest absolute Gasteiger partial charge is 0.328 e. The van der Waals surface area contributed by atoms with Crippen molar-refractivity contribution in [1.82, 2.24) is 20.0 Å². The van der Waals surface area contributed by atoms with Crippen LogP contribution in [0, 0.1) is 0 Å². The number of hydrogen-bond acceptors (Lipinski definition) is 6. The van der Waals surface area contributed by atoms with Crippen molar-refractivity contribution < 1.29 is 19.1 Å². The van der Waals surface area contributed by atoms with Crippen molar-refractivity contribution in [1.29, 1.82) is 0 Å². The van der Waals surface area contributed by atoms with Crippen LogP contribution in [0.3, 0.4) is 0 Å². The van der Waals surface area contributed by atoms with E-state index in [4.69, 9.17) is 4.74 Å². The standard InChI is InChI=1S/C17H22N4O4/c1-19-11-18-15-14(19)16(23)21(17(24)20(15)2)10-13(22)25-9-8-12-6-4-3-5-7-12/h3-7,14-15,18H,8-11H2,1-2H3. The average Bonchev–Trinajstić information content (AvgIpc) is 3.00. The first-order chi connectivity index (χ1) is 12.0. The number of ether oxygens (including phenoxy) is 1. The summed E-state index contributed by atoms with van der Waals surface area (Å²) in [5.74, 6) is -0.960. The summed E-state index contributed by atoms with van der Waals surface area (Å²) in [5, 5.41) is 3.11. The van der Waals surface area contributed by atoms with E-state index in [-0.39, 0.29) is 25.2 Å². The van der Waals surface area contributed by atoms with Gasteiger partial charge in [-0.2, -0.15) is 0 Å². The minimum atomic E-state index is -0.585. The molecule has 8 nitrogen and oxygen atoms in total. The van der Waals surface area contributed by atoms with E-state index in [2.05, 4.69) is 5.32 Å². The van der Waals surface area contributed by atoms with Gasteiger partial charge in [-0.3, -0.25) is 24.7 Å². The van der Waals surface area contributed by atoms with Crippen LogP contribution in [-0.2, 0) is 20.7 Å². The van der Waals surface area contributed by atoms with E-state index in [0.29, 0.717) is 13.1 Å². The molecular weight excluding hydrogens is 324 g/mol. The highest BCUT2D eigenvalue weighted by Crippen LogP contribution is 2.22. The number of rotatable bonds is 5. The number of nitrogens with one attached hydrogen (secondary N) is 1. The van der Waals surface area contributed by atoms with E-state index in [1.54, 1.807) is 14.1 Å². The first-order valence-electron chi connectivity index (χ1n) is 8.20. The molecule has 1 aromatic carbocycles. The van der Waals surface area contributed by atoms with Gasteiger partial charge in [0, 0.05) is 13.5 Å². The molecule has 0 saturated carbocycles. The van der Waals surface area contributed by atoms with E-state index in [1.807, 2.05) is 35.2 Å². The fraction of sp³-hybridized carbons (Fsp3) is 0.471. The number of likely N-dealkylation sites (N-methyl/N-ethyl adjacent to an activating group) is 2. The Kier molecular flexibility index (Phi) is 5.00. The molecule has 0 radical (unpaired) electrons. The SMILES string of the molecule is CN1CNC2C1C(=O)N(CC(=O)OCCc1ccccc1)C(=O)N2C. The molecule has 2 aliphatic heterocycles. The molecule has 25 heavy (non-hydrogen) atoms. The van der Waals surface area contributed by atoms with Crippen LogP contribution in [0.2, 0.25) is 0 Å². The Hall–Kier alpha value is -2.45. The van der Waals surface area contributed by atoms with Gasteiger partial charge in [-0.05, 0) is 12.6 Å². The molecule has 0 aromatic heterocycles. The number of amides is 3. The Morgan fingerprint density at radius 1 is 1.24 bits per heavy atom. The zero-order valence-corrected chi connectivity index (χ0v) is 14.3. The van der Waals surface area contributed by atoms with Gasteiger partial charge in [-0.15, -0.1) is 0 Å². The molecule has 134 valence electrons. The van der Waals surface area contributed by atoms with Crippen LogP contribution in [0.1, 0.15) is 5.56 Å². The van der Waals surface area contributed by atoms with Crippen molar-refractivity contribution in [3.05, 3.63) is 35.9 Å². The summed E-state index contributed by atoms with van der Waals surface area (Å²) in [6.45, 7) is 0.352.